The van der Waals surface area contributed by atoms with Gasteiger partial charge < -0.3 is 0 Å². The molecule has 82 heavy (non-hydrogen) atoms. The van der Waals surface area contributed by atoms with Crippen molar-refractivity contribution in [2.24, 2.45) is 9.98 Å². The summed E-state index contributed by atoms with van der Waals surface area (Å²) in [7, 11) is 0. The predicted molar refractivity (Wildman–Crippen MR) is 368 cm³/mol. The summed E-state index contributed by atoms with van der Waals surface area (Å²) in [6, 6.07) is 17.7. The largest absolute Gasteiger partial charge is 0.250 e. The molecule has 0 aliphatic rings. The Labute approximate surface area is 522 Å². The molecule has 470 valence electrons. The van der Waals surface area contributed by atoms with Gasteiger partial charge in [0.2, 0.25) is 0 Å². The van der Waals surface area contributed by atoms with Crippen LogP contribution in [0.2, 0.25) is 0 Å². The van der Waals surface area contributed by atoms with Crippen molar-refractivity contribution in [3.8, 4) is 11.8 Å². The van der Waals surface area contributed by atoms with Crippen LogP contribution in [0.4, 0.5) is 11.4 Å². The van der Waals surface area contributed by atoms with Gasteiger partial charge in [-0.15, -0.1) is 0 Å². The second kappa shape index (κ2) is 62.8. The van der Waals surface area contributed by atoms with Crippen molar-refractivity contribution in [3.63, 3.8) is 0 Å². The Morgan fingerprint density at radius 2 is 0.598 bits per heavy atom. The Bertz CT molecular complexity index is 1840. The summed E-state index contributed by atoms with van der Waals surface area (Å²) < 4.78 is 0. The van der Waals surface area contributed by atoms with E-state index in [-0.39, 0.29) is 16.5 Å². The number of rotatable bonds is 59. The van der Waals surface area contributed by atoms with E-state index in [0.717, 1.165) is 93.4 Å². The summed E-state index contributed by atoms with van der Waals surface area (Å²) in [4.78, 5) is 11.0. The fraction of sp³-hybridized carbons (Fsp3) is 0.747. The first-order valence-corrected chi connectivity index (χ1v) is 36.3. The third kappa shape index (κ3) is 48.5. The maximum atomic E-state index is 5.51. The average Bonchev–Trinajstić information content (AvgIpc) is 3.48. The number of benzene rings is 2. The molecule has 0 bridgehead atoms. The second-order valence-corrected chi connectivity index (χ2v) is 24.9. The van der Waals surface area contributed by atoms with Crippen molar-refractivity contribution < 1.29 is 16.5 Å². The van der Waals surface area contributed by atoms with Crippen LogP contribution in [0.15, 0.2) is 82.8 Å². The van der Waals surface area contributed by atoms with Gasteiger partial charge in [-0.1, -0.05) is 358 Å². The zero-order valence-electron chi connectivity index (χ0n) is 55.0. The summed E-state index contributed by atoms with van der Waals surface area (Å²) in [5.41, 5.74) is 6.75. The van der Waals surface area contributed by atoms with Gasteiger partial charge in [0.25, 0.3) is 0 Å². The summed E-state index contributed by atoms with van der Waals surface area (Å²) in [5, 5.41) is 0. The number of hydrogen-bond donors (Lipinski definition) is 0. The first-order valence-electron chi connectivity index (χ1n) is 36.3. The number of nitrogens with zero attached hydrogens (tertiary/aromatic N) is 2. The van der Waals surface area contributed by atoms with E-state index >= 15 is 0 Å². The van der Waals surface area contributed by atoms with Crippen LogP contribution in [-0.4, -0.2) is 11.4 Å². The summed E-state index contributed by atoms with van der Waals surface area (Å²) in [5.74, 6) is 7.26. The van der Waals surface area contributed by atoms with E-state index in [9.17, 15) is 0 Å². The van der Waals surface area contributed by atoms with Crippen molar-refractivity contribution in [1.82, 2.24) is 0 Å². The van der Waals surface area contributed by atoms with Gasteiger partial charge in [0.1, 0.15) is 5.71 Å². The van der Waals surface area contributed by atoms with Crippen LogP contribution in [0.25, 0.3) is 0 Å². The molecular weight excluding hydrogens is 1040 g/mol. The molecule has 0 aliphatic heterocycles. The number of hydrogen-bond acceptors (Lipinski definition) is 2. The molecule has 0 radical (unpaired) electrons. The van der Waals surface area contributed by atoms with Crippen LogP contribution in [0.3, 0.4) is 0 Å². The maximum absolute atomic E-state index is 5.51. The van der Waals surface area contributed by atoms with E-state index in [1.165, 1.54) is 294 Å². The van der Waals surface area contributed by atoms with E-state index in [2.05, 4.69) is 112 Å². The Morgan fingerprint density at radius 1 is 0.317 bits per heavy atom. The van der Waals surface area contributed by atoms with E-state index in [0.29, 0.717) is 0 Å². The molecule has 0 aromatic heterocycles. The van der Waals surface area contributed by atoms with E-state index in [1.807, 2.05) is 0 Å². The zero-order chi connectivity index (χ0) is 57.7. The van der Waals surface area contributed by atoms with Gasteiger partial charge in [-0.2, -0.15) is 0 Å². The Hall–Kier alpha value is -2.69. The molecule has 0 spiro atoms. The van der Waals surface area contributed by atoms with Crippen LogP contribution in [0, 0.1) is 11.8 Å². The van der Waals surface area contributed by atoms with Crippen LogP contribution in [-0.2, 0) is 29.3 Å². The number of unbranched alkanes of at least 4 members (excludes halogenated alkanes) is 46. The summed E-state index contributed by atoms with van der Waals surface area (Å²) in [6.07, 6.45) is 83.6. The van der Waals surface area contributed by atoms with Crippen LogP contribution < -0.4 is 0 Å². The second-order valence-electron chi connectivity index (χ2n) is 24.9. The molecule has 0 aliphatic carbocycles. The third-order valence-corrected chi connectivity index (χ3v) is 17.0. The minimum Gasteiger partial charge on any atom is -0.250 e. The number of aliphatic imine (C=N–C) groups is 2. The summed E-state index contributed by atoms with van der Waals surface area (Å²) >= 11 is 0. The molecule has 0 atom stereocenters. The van der Waals surface area contributed by atoms with E-state index in [1.54, 1.807) is 0 Å². The molecule has 2 aromatic carbocycles. The van der Waals surface area contributed by atoms with Crippen LogP contribution in [0.5, 0.6) is 0 Å². The fourth-order valence-electron chi connectivity index (χ4n) is 11.6. The fourth-order valence-corrected chi connectivity index (χ4v) is 11.6. The van der Waals surface area contributed by atoms with Crippen molar-refractivity contribution >= 4 is 22.8 Å². The minimum atomic E-state index is 0. The van der Waals surface area contributed by atoms with Gasteiger partial charge in [-0.05, 0) is 113 Å². The molecule has 0 unspecified atom stereocenters. The van der Waals surface area contributed by atoms with Gasteiger partial charge in [0, 0.05) is 22.9 Å². The monoisotopic (exact) mass is 1170 g/mol. The van der Waals surface area contributed by atoms with Crippen LogP contribution in [0.1, 0.15) is 379 Å². The van der Waals surface area contributed by atoms with Crippen molar-refractivity contribution in [1.29, 1.82) is 0 Å². The number of para-hydroxylation sites is 2. The van der Waals surface area contributed by atoms with Crippen molar-refractivity contribution in [2.75, 3.05) is 0 Å². The zero-order valence-corrected chi connectivity index (χ0v) is 56.0. The molecule has 0 amide bonds. The van der Waals surface area contributed by atoms with Gasteiger partial charge in [0.15, 0.2) is 0 Å². The Kier molecular flexibility index (Phi) is 59.3. The van der Waals surface area contributed by atoms with Gasteiger partial charge in [-0.25, -0.2) is 4.99 Å². The third-order valence-electron chi connectivity index (χ3n) is 17.0. The molecule has 3 heteroatoms. The average molecular weight is 1170 g/mol. The topological polar surface area (TPSA) is 24.7 Å². The van der Waals surface area contributed by atoms with E-state index < -0.39 is 0 Å². The molecule has 0 saturated heterocycles. The standard InChI is InChI=1S/C79H134N2.Ni/c1-5-9-13-16-19-22-24-26-28-30-32-34-36-38-40-42-44-46-48-51-53-56-59-66-74-68-62-64-71-76(74)80-78(70-12-8-4)79(73-61-58-55-50-21-18-15-11-7-3)81-77-72-65-63-69-75(77)67-60-57-54-52-49-47-45-43-41-39-37-35-33-31-29-27-25-23-20-17-14-10-6-2;/h51-54,62-65,68-69,71-72H,5-50,55-60,66-67,70H2,1-4H3;/b53-51+,54-52+,80-78?,81-79?;. The minimum absolute atomic E-state index is 0. The first-order chi connectivity index (χ1) is 40.2. The van der Waals surface area contributed by atoms with Gasteiger partial charge >= 0.3 is 0 Å². The number of aryl methyl sites for hydroxylation is 2. The SMILES string of the molecule is CCCCCCCCCC#CC(=Nc1ccccc1CCC/C=C/CCCCCCCCCCCCCCCCCCCC)C(CCCC)=Nc1ccccc1CCC/C=C/CCCCCCCCCCCCCCCCCCCC.[Ni]. The van der Waals surface area contributed by atoms with Crippen molar-refractivity contribution in [3.05, 3.63) is 84.0 Å². The molecule has 0 heterocycles. The molecule has 0 fully saturated rings. The molecule has 0 saturated carbocycles. The van der Waals surface area contributed by atoms with Crippen molar-refractivity contribution in [2.45, 2.75) is 381 Å². The van der Waals surface area contributed by atoms with Gasteiger partial charge in [0.05, 0.1) is 17.1 Å². The maximum Gasteiger partial charge on any atom is 0.135 e. The normalized spacial score (nSPS) is 12.0. The summed E-state index contributed by atoms with van der Waals surface area (Å²) in [6.45, 7) is 9.21. The molecule has 0 N–H and O–H groups in total. The first kappa shape index (κ1) is 77.3. The van der Waals surface area contributed by atoms with Gasteiger partial charge in [-0.3, -0.25) is 4.99 Å². The van der Waals surface area contributed by atoms with E-state index in [4.69, 9.17) is 9.98 Å². The Morgan fingerprint density at radius 3 is 0.939 bits per heavy atom. The molecule has 2 nitrogen and oxygen atoms in total. The molecule has 2 rings (SSSR count). The van der Waals surface area contributed by atoms with Crippen LogP contribution >= 0.6 is 0 Å². The smallest absolute Gasteiger partial charge is 0.135 e. The number of allylic oxidation sites excluding steroid dienone is 4. The Balaban J connectivity index is 0.0000336. The predicted octanol–water partition coefficient (Wildman–Crippen LogP) is 27.5. The molecular formula is C79H134N2Ni. The molecule has 2 aromatic rings. The quantitative estimate of drug-likeness (QED) is 0.0207.